The molecule has 0 saturated heterocycles. The Kier molecular flexibility index (Phi) is 5.14. The van der Waals surface area contributed by atoms with E-state index in [2.05, 4.69) is 9.88 Å². The van der Waals surface area contributed by atoms with Gasteiger partial charge in [0.05, 0.1) is 16.3 Å². The number of fused-ring (bicyclic) bond motifs is 2. The molecule has 1 aliphatic heterocycles. The van der Waals surface area contributed by atoms with Crippen LogP contribution in [0.3, 0.4) is 0 Å². The first kappa shape index (κ1) is 20.0. The molecule has 2 aromatic carbocycles. The standard InChI is InChI=1S/C23H18Cl2N4O2/c24-15-3-6-20-17(9-15)21(25)18(23(30)31-20)12-29-8-7-19-14(11-29)10-27-22(28-19)13-1-4-16(26)5-2-13/h1-6,9-10H,7-8,11-12,26H2. The number of nitrogens with zero attached hydrogens (tertiary/aromatic N) is 3. The van der Waals surface area contributed by atoms with Crippen molar-refractivity contribution in [2.24, 2.45) is 0 Å². The molecule has 156 valence electrons. The highest BCUT2D eigenvalue weighted by molar-refractivity contribution is 6.37. The first-order valence-electron chi connectivity index (χ1n) is 9.82. The summed E-state index contributed by atoms with van der Waals surface area (Å²) >= 11 is 12.6. The van der Waals surface area contributed by atoms with Crippen LogP contribution < -0.4 is 11.4 Å². The van der Waals surface area contributed by atoms with Gasteiger partial charge >= 0.3 is 5.63 Å². The largest absolute Gasteiger partial charge is 0.422 e. The second-order valence-corrected chi connectivity index (χ2v) is 8.39. The Bertz CT molecular complexity index is 1350. The molecular weight excluding hydrogens is 435 g/mol. The van der Waals surface area contributed by atoms with Gasteiger partial charge in [0.25, 0.3) is 0 Å². The molecule has 8 heteroatoms. The van der Waals surface area contributed by atoms with Gasteiger partial charge in [-0.2, -0.15) is 0 Å². The number of rotatable bonds is 3. The van der Waals surface area contributed by atoms with Gasteiger partial charge in [-0.25, -0.2) is 14.8 Å². The van der Waals surface area contributed by atoms with Crippen molar-refractivity contribution in [3.63, 3.8) is 0 Å². The van der Waals surface area contributed by atoms with Crippen molar-refractivity contribution >= 4 is 39.9 Å². The maximum atomic E-state index is 12.5. The third-order valence-electron chi connectivity index (χ3n) is 5.46. The zero-order valence-electron chi connectivity index (χ0n) is 16.4. The van der Waals surface area contributed by atoms with Crippen LogP contribution in [0.25, 0.3) is 22.4 Å². The third-order valence-corrected chi connectivity index (χ3v) is 6.12. The van der Waals surface area contributed by atoms with E-state index in [0.717, 1.165) is 29.8 Å². The number of aromatic nitrogens is 2. The van der Waals surface area contributed by atoms with Gasteiger partial charge in [-0.3, -0.25) is 4.90 Å². The Balaban J connectivity index is 1.40. The summed E-state index contributed by atoms with van der Waals surface area (Å²) in [7, 11) is 0. The first-order valence-corrected chi connectivity index (χ1v) is 10.6. The summed E-state index contributed by atoms with van der Waals surface area (Å²) in [5, 5.41) is 1.56. The zero-order chi connectivity index (χ0) is 21.5. The molecule has 0 aliphatic carbocycles. The predicted octanol–water partition coefficient (Wildman–Crippen LogP) is 4.70. The van der Waals surface area contributed by atoms with E-state index in [1.807, 2.05) is 30.5 Å². The summed E-state index contributed by atoms with van der Waals surface area (Å²) in [6.07, 6.45) is 2.60. The maximum absolute atomic E-state index is 12.5. The van der Waals surface area contributed by atoms with Crippen molar-refractivity contribution in [1.82, 2.24) is 14.9 Å². The number of benzene rings is 2. The highest BCUT2D eigenvalue weighted by Crippen LogP contribution is 2.29. The topological polar surface area (TPSA) is 85.2 Å². The molecule has 0 unspecified atom stereocenters. The molecule has 2 N–H and O–H groups in total. The molecule has 31 heavy (non-hydrogen) atoms. The van der Waals surface area contributed by atoms with Gasteiger partial charge in [-0.15, -0.1) is 0 Å². The highest BCUT2D eigenvalue weighted by Gasteiger charge is 2.22. The molecule has 0 radical (unpaired) electrons. The van der Waals surface area contributed by atoms with Crippen LogP contribution in [0.15, 0.2) is 57.9 Å². The van der Waals surface area contributed by atoms with Crippen molar-refractivity contribution in [2.75, 3.05) is 12.3 Å². The predicted molar refractivity (Wildman–Crippen MR) is 122 cm³/mol. The van der Waals surface area contributed by atoms with E-state index in [4.69, 9.17) is 38.3 Å². The van der Waals surface area contributed by atoms with Crippen LogP contribution in [0.1, 0.15) is 16.8 Å². The average Bonchev–Trinajstić information content (AvgIpc) is 2.77. The normalized spacial score (nSPS) is 14.0. The lowest BCUT2D eigenvalue weighted by Crippen LogP contribution is -2.32. The van der Waals surface area contributed by atoms with E-state index in [9.17, 15) is 4.79 Å². The summed E-state index contributed by atoms with van der Waals surface area (Å²) in [6, 6.07) is 12.5. The third kappa shape index (κ3) is 3.90. The van der Waals surface area contributed by atoms with Crippen molar-refractivity contribution in [1.29, 1.82) is 0 Å². The lowest BCUT2D eigenvalue weighted by atomic mass is 10.1. The van der Waals surface area contributed by atoms with E-state index in [-0.39, 0.29) is 0 Å². The minimum Gasteiger partial charge on any atom is -0.422 e. The number of halogens is 2. The maximum Gasteiger partial charge on any atom is 0.342 e. The molecular formula is C23H18Cl2N4O2. The Morgan fingerprint density at radius 3 is 2.74 bits per heavy atom. The fourth-order valence-corrected chi connectivity index (χ4v) is 4.27. The highest BCUT2D eigenvalue weighted by atomic mass is 35.5. The lowest BCUT2D eigenvalue weighted by Gasteiger charge is -2.28. The summed E-state index contributed by atoms with van der Waals surface area (Å²) in [5.74, 6) is 0.683. The van der Waals surface area contributed by atoms with E-state index < -0.39 is 5.63 Å². The second kappa shape index (κ2) is 7.96. The summed E-state index contributed by atoms with van der Waals surface area (Å²) < 4.78 is 5.45. The SMILES string of the molecule is Nc1ccc(-c2ncc3c(n2)CCN(Cc2c(Cl)c4cc(Cl)ccc4oc2=O)C3)cc1. The van der Waals surface area contributed by atoms with E-state index in [1.54, 1.807) is 18.2 Å². The van der Waals surface area contributed by atoms with Crippen LogP contribution in [0.5, 0.6) is 0 Å². The number of nitrogen functional groups attached to an aromatic ring is 1. The molecule has 0 saturated carbocycles. The van der Waals surface area contributed by atoms with Crippen LogP contribution in [-0.4, -0.2) is 21.4 Å². The average molecular weight is 453 g/mol. The van der Waals surface area contributed by atoms with Gasteiger partial charge in [0.15, 0.2) is 5.82 Å². The van der Waals surface area contributed by atoms with Crippen molar-refractivity contribution in [3.05, 3.63) is 85.9 Å². The van der Waals surface area contributed by atoms with Crippen LogP contribution in [0, 0.1) is 0 Å². The van der Waals surface area contributed by atoms with Gasteiger partial charge in [-0.1, -0.05) is 23.2 Å². The first-order chi connectivity index (χ1) is 15.0. The molecule has 6 nitrogen and oxygen atoms in total. The Labute approximate surface area is 188 Å². The zero-order valence-corrected chi connectivity index (χ0v) is 18.0. The van der Waals surface area contributed by atoms with Gasteiger partial charge in [0.1, 0.15) is 5.58 Å². The van der Waals surface area contributed by atoms with Crippen LogP contribution in [0.4, 0.5) is 5.69 Å². The van der Waals surface area contributed by atoms with Crippen LogP contribution in [-0.2, 0) is 19.5 Å². The van der Waals surface area contributed by atoms with Gasteiger partial charge in [0.2, 0.25) is 0 Å². The Morgan fingerprint density at radius 2 is 1.94 bits per heavy atom. The molecule has 0 fully saturated rings. The quantitative estimate of drug-likeness (QED) is 0.358. The Morgan fingerprint density at radius 1 is 1.13 bits per heavy atom. The second-order valence-electron chi connectivity index (χ2n) is 7.57. The van der Waals surface area contributed by atoms with E-state index in [0.29, 0.717) is 51.2 Å². The lowest BCUT2D eigenvalue weighted by molar-refractivity contribution is 0.240. The molecule has 4 aromatic rings. The molecule has 3 heterocycles. The molecule has 2 aromatic heterocycles. The molecule has 0 amide bonds. The fourth-order valence-electron chi connectivity index (χ4n) is 3.81. The summed E-state index contributed by atoms with van der Waals surface area (Å²) in [5.41, 5.74) is 9.88. The molecule has 0 bridgehead atoms. The van der Waals surface area contributed by atoms with E-state index in [1.165, 1.54) is 0 Å². The smallest absolute Gasteiger partial charge is 0.342 e. The van der Waals surface area contributed by atoms with E-state index >= 15 is 0 Å². The number of anilines is 1. The molecule has 5 rings (SSSR count). The Hall–Kier alpha value is -2.93. The van der Waals surface area contributed by atoms with Gasteiger partial charge in [0, 0.05) is 59.5 Å². The minimum absolute atomic E-state index is 0.378. The number of hydrogen-bond acceptors (Lipinski definition) is 6. The molecule has 1 aliphatic rings. The molecule has 0 spiro atoms. The van der Waals surface area contributed by atoms with Crippen LogP contribution >= 0.6 is 23.2 Å². The van der Waals surface area contributed by atoms with Crippen molar-refractivity contribution in [2.45, 2.75) is 19.5 Å². The van der Waals surface area contributed by atoms with Crippen molar-refractivity contribution < 1.29 is 4.42 Å². The monoisotopic (exact) mass is 452 g/mol. The fraction of sp³-hybridized carbons (Fsp3) is 0.174. The van der Waals surface area contributed by atoms with Gasteiger partial charge < -0.3 is 10.2 Å². The summed E-state index contributed by atoms with van der Waals surface area (Å²) in [6.45, 7) is 1.75. The number of hydrogen-bond donors (Lipinski definition) is 1. The molecule has 0 atom stereocenters. The number of nitrogens with two attached hydrogens (primary N) is 1. The van der Waals surface area contributed by atoms with Crippen molar-refractivity contribution in [3.8, 4) is 11.4 Å². The summed E-state index contributed by atoms with van der Waals surface area (Å²) in [4.78, 5) is 23.9. The minimum atomic E-state index is -0.430. The van der Waals surface area contributed by atoms with Crippen LogP contribution in [0.2, 0.25) is 10.0 Å². The van der Waals surface area contributed by atoms with Gasteiger partial charge in [-0.05, 0) is 42.5 Å².